The summed E-state index contributed by atoms with van der Waals surface area (Å²) >= 11 is 0. The van der Waals surface area contributed by atoms with Gasteiger partial charge in [0.05, 0.1) is 22.0 Å². The maximum atomic E-state index is 13.7. The van der Waals surface area contributed by atoms with Crippen LogP contribution in [0.3, 0.4) is 0 Å². The average molecular weight is 358 g/mol. The SMILES string of the molecule is Nc1cc(S(=O)(=O)Nc2ccccc2F)ccc1N1C=CC=NC=C1. The van der Waals surface area contributed by atoms with Crippen molar-refractivity contribution in [1.82, 2.24) is 0 Å². The Bertz CT molecular complexity index is 968. The van der Waals surface area contributed by atoms with E-state index in [1.54, 1.807) is 47.9 Å². The molecule has 3 N–H and O–H groups in total. The van der Waals surface area contributed by atoms with Gasteiger partial charge in [0.1, 0.15) is 5.82 Å². The van der Waals surface area contributed by atoms with Crippen molar-refractivity contribution in [2.24, 2.45) is 4.99 Å². The van der Waals surface area contributed by atoms with Gasteiger partial charge in [-0.25, -0.2) is 12.8 Å². The van der Waals surface area contributed by atoms with E-state index in [0.717, 1.165) is 0 Å². The second-order valence-corrected chi connectivity index (χ2v) is 6.83. The minimum absolute atomic E-state index is 0.0592. The number of nitrogens with zero attached hydrogens (tertiary/aromatic N) is 2. The molecule has 3 rings (SSSR count). The highest BCUT2D eigenvalue weighted by Crippen LogP contribution is 2.28. The quantitative estimate of drug-likeness (QED) is 0.822. The molecule has 0 saturated heterocycles. The van der Waals surface area contributed by atoms with Crippen LogP contribution in [0.4, 0.5) is 21.5 Å². The van der Waals surface area contributed by atoms with E-state index in [-0.39, 0.29) is 16.3 Å². The summed E-state index contributed by atoms with van der Waals surface area (Å²) in [4.78, 5) is 5.62. The van der Waals surface area contributed by atoms with Crippen LogP contribution >= 0.6 is 0 Å². The topological polar surface area (TPSA) is 87.8 Å². The Morgan fingerprint density at radius 3 is 2.68 bits per heavy atom. The van der Waals surface area contributed by atoms with Crippen LogP contribution < -0.4 is 15.4 Å². The summed E-state index contributed by atoms with van der Waals surface area (Å²) in [5, 5.41) is 0. The highest BCUT2D eigenvalue weighted by Gasteiger charge is 2.18. The maximum Gasteiger partial charge on any atom is 0.262 e. The van der Waals surface area contributed by atoms with Crippen LogP contribution in [-0.2, 0) is 10.0 Å². The van der Waals surface area contributed by atoms with E-state index in [0.29, 0.717) is 5.69 Å². The summed E-state index contributed by atoms with van der Waals surface area (Å²) in [7, 11) is -3.96. The Kier molecular flexibility index (Phi) is 4.53. The van der Waals surface area contributed by atoms with Crippen LogP contribution in [0, 0.1) is 5.82 Å². The van der Waals surface area contributed by atoms with Gasteiger partial charge in [0.2, 0.25) is 0 Å². The molecule has 1 heterocycles. The fourth-order valence-electron chi connectivity index (χ4n) is 2.23. The zero-order valence-corrected chi connectivity index (χ0v) is 13.8. The number of sulfonamides is 1. The normalized spacial score (nSPS) is 13.7. The Morgan fingerprint density at radius 2 is 1.92 bits per heavy atom. The number of halogens is 1. The number of nitrogen functional groups attached to an aromatic ring is 1. The molecule has 0 saturated carbocycles. The smallest absolute Gasteiger partial charge is 0.262 e. The first-order valence-corrected chi connectivity index (χ1v) is 8.77. The maximum absolute atomic E-state index is 13.7. The predicted molar refractivity (Wildman–Crippen MR) is 97.3 cm³/mol. The van der Waals surface area contributed by atoms with Crippen molar-refractivity contribution in [3.63, 3.8) is 0 Å². The molecular weight excluding hydrogens is 343 g/mol. The van der Waals surface area contributed by atoms with Gasteiger partial charge in [0.25, 0.3) is 10.0 Å². The molecule has 0 bridgehead atoms. The molecule has 1 aliphatic rings. The molecule has 0 unspecified atom stereocenters. The molecule has 128 valence electrons. The summed E-state index contributed by atoms with van der Waals surface area (Å²) in [6.07, 6.45) is 8.36. The molecule has 1 aliphatic heterocycles. The molecule has 0 fully saturated rings. The van der Waals surface area contributed by atoms with Gasteiger partial charge in [-0.05, 0) is 36.4 Å². The lowest BCUT2D eigenvalue weighted by Gasteiger charge is -2.18. The molecule has 0 atom stereocenters. The number of rotatable bonds is 4. The summed E-state index contributed by atoms with van der Waals surface area (Å²) < 4.78 is 40.8. The highest BCUT2D eigenvalue weighted by atomic mass is 32.2. The lowest BCUT2D eigenvalue weighted by atomic mass is 10.2. The summed E-state index contributed by atoms with van der Waals surface area (Å²) in [5.41, 5.74) is 6.74. The molecule has 2 aromatic rings. The molecule has 0 aliphatic carbocycles. The Morgan fingerprint density at radius 1 is 1.12 bits per heavy atom. The van der Waals surface area contributed by atoms with E-state index in [1.807, 2.05) is 0 Å². The number of para-hydroxylation sites is 1. The molecule has 2 aromatic carbocycles. The summed E-state index contributed by atoms with van der Waals surface area (Å²) in [5.74, 6) is -0.657. The van der Waals surface area contributed by atoms with Crippen LogP contribution in [0.5, 0.6) is 0 Å². The second kappa shape index (κ2) is 6.78. The number of hydrogen-bond acceptors (Lipinski definition) is 5. The van der Waals surface area contributed by atoms with Crippen molar-refractivity contribution in [2.75, 3.05) is 15.4 Å². The Labute approximate surface area is 144 Å². The zero-order chi connectivity index (χ0) is 17.9. The van der Waals surface area contributed by atoms with Crippen molar-refractivity contribution in [3.8, 4) is 0 Å². The van der Waals surface area contributed by atoms with Crippen LogP contribution in [0.15, 0.2) is 77.0 Å². The van der Waals surface area contributed by atoms with E-state index in [1.165, 1.54) is 30.3 Å². The third-order valence-electron chi connectivity index (χ3n) is 3.44. The van der Waals surface area contributed by atoms with Crippen molar-refractivity contribution in [3.05, 3.63) is 73.0 Å². The van der Waals surface area contributed by atoms with Crippen molar-refractivity contribution < 1.29 is 12.8 Å². The van der Waals surface area contributed by atoms with Crippen LogP contribution in [0.1, 0.15) is 0 Å². The van der Waals surface area contributed by atoms with E-state index in [4.69, 9.17) is 5.73 Å². The monoisotopic (exact) mass is 358 g/mol. The number of nitrogens with one attached hydrogen (secondary N) is 1. The van der Waals surface area contributed by atoms with Gasteiger partial charge in [-0.15, -0.1) is 0 Å². The number of allylic oxidation sites excluding steroid dienone is 1. The van der Waals surface area contributed by atoms with E-state index >= 15 is 0 Å². The molecule has 0 radical (unpaired) electrons. The fourth-order valence-corrected chi connectivity index (χ4v) is 3.34. The predicted octanol–water partition coefficient (Wildman–Crippen LogP) is 3.08. The minimum atomic E-state index is -3.96. The van der Waals surface area contributed by atoms with Gasteiger partial charge in [-0.2, -0.15) is 0 Å². The molecule has 0 aromatic heterocycles. The van der Waals surface area contributed by atoms with Crippen molar-refractivity contribution in [2.45, 2.75) is 4.90 Å². The Balaban J connectivity index is 1.90. The van der Waals surface area contributed by atoms with E-state index in [9.17, 15) is 12.8 Å². The molecule has 0 amide bonds. The summed E-state index contributed by atoms with van der Waals surface area (Å²) in [6, 6.07) is 9.84. The largest absolute Gasteiger partial charge is 0.397 e. The third-order valence-corrected chi connectivity index (χ3v) is 4.80. The van der Waals surface area contributed by atoms with Crippen LogP contribution in [0.2, 0.25) is 0 Å². The van der Waals surface area contributed by atoms with E-state index in [2.05, 4.69) is 9.71 Å². The minimum Gasteiger partial charge on any atom is -0.397 e. The van der Waals surface area contributed by atoms with Gasteiger partial charge in [-0.3, -0.25) is 9.71 Å². The number of nitrogens with two attached hydrogens (primary N) is 1. The number of aliphatic imine (C=N–C) groups is 1. The lowest BCUT2D eigenvalue weighted by molar-refractivity contribution is 0.598. The van der Waals surface area contributed by atoms with Gasteiger partial charge in [0, 0.05) is 24.8 Å². The molecule has 0 spiro atoms. The standard InChI is InChI=1S/C17H15FN4O2S/c18-14-4-1-2-5-16(14)21-25(23,24)13-6-7-17(15(19)12-13)22-10-3-8-20-9-11-22/h1-12,21H,19H2. The molecule has 6 nitrogen and oxygen atoms in total. The lowest BCUT2D eigenvalue weighted by Crippen LogP contribution is -2.15. The first-order chi connectivity index (χ1) is 12.0. The van der Waals surface area contributed by atoms with Gasteiger partial charge in [-0.1, -0.05) is 12.1 Å². The molecular formula is C17H15FN4O2S. The second-order valence-electron chi connectivity index (χ2n) is 5.15. The van der Waals surface area contributed by atoms with Gasteiger partial charge >= 0.3 is 0 Å². The third kappa shape index (κ3) is 3.69. The summed E-state index contributed by atoms with van der Waals surface area (Å²) in [6.45, 7) is 0. The Hall–Kier alpha value is -3.13. The van der Waals surface area contributed by atoms with Crippen molar-refractivity contribution >= 4 is 33.3 Å². The molecule has 8 heteroatoms. The number of anilines is 3. The fraction of sp³-hybridized carbons (Fsp3) is 0. The van der Waals surface area contributed by atoms with Crippen LogP contribution in [0.25, 0.3) is 0 Å². The molecule has 25 heavy (non-hydrogen) atoms. The first-order valence-electron chi connectivity index (χ1n) is 7.29. The average Bonchev–Trinajstić information content (AvgIpc) is 2.86. The number of benzene rings is 2. The number of hydrogen-bond donors (Lipinski definition) is 2. The highest BCUT2D eigenvalue weighted by molar-refractivity contribution is 7.92. The van der Waals surface area contributed by atoms with E-state index < -0.39 is 15.8 Å². The van der Waals surface area contributed by atoms with Gasteiger partial charge < -0.3 is 10.6 Å². The van der Waals surface area contributed by atoms with Gasteiger partial charge in [0.15, 0.2) is 0 Å². The van der Waals surface area contributed by atoms with Crippen LogP contribution in [-0.4, -0.2) is 14.6 Å². The van der Waals surface area contributed by atoms with Crippen molar-refractivity contribution in [1.29, 1.82) is 0 Å². The zero-order valence-electron chi connectivity index (χ0n) is 13.0. The first kappa shape index (κ1) is 16.7.